The molecule has 0 aliphatic carbocycles. The van der Waals surface area contributed by atoms with Crippen molar-refractivity contribution in [3.63, 3.8) is 0 Å². The second-order valence-electron chi connectivity index (χ2n) is 7.19. The molecule has 2 heterocycles. The summed E-state index contributed by atoms with van der Waals surface area (Å²) < 4.78 is 27.0. The molecule has 0 radical (unpaired) electrons. The number of nitrogens with one attached hydrogen (secondary N) is 1. The molecular formula is C23H21F2N3O. The van der Waals surface area contributed by atoms with Crippen molar-refractivity contribution in [2.45, 2.75) is 18.8 Å². The van der Waals surface area contributed by atoms with Crippen molar-refractivity contribution in [1.82, 2.24) is 15.1 Å². The van der Waals surface area contributed by atoms with Crippen LogP contribution in [0.5, 0.6) is 0 Å². The number of carbonyl (C=O) groups is 1. The average Bonchev–Trinajstić information content (AvgIpc) is 3.25. The second kappa shape index (κ2) is 8.39. The van der Waals surface area contributed by atoms with E-state index < -0.39 is 11.6 Å². The number of likely N-dealkylation sites (tertiary alicyclic amines) is 1. The predicted molar refractivity (Wildman–Crippen MR) is 108 cm³/mol. The summed E-state index contributed by atoms with van der Waals surface area (Å²) in [7, 11) is 0. The number of piperidine rings is 1. The maximum atomic E-state index is 13.7. The largest absolute Gasteiger partial charge is 0.338 e. The molecule has 1 N–H and O–H groups in total. The molecule has 1 unspecified atom stereocenters. The summed E-state index contributed by atoms with van der Waals surface area (Å²) in [6.45, 7) is 1.25. The van der Waals surface area contributed by atoms with E-state index in [1.165, 1.54) is 6.07 Å². The van der Waals surface area contributed by atoms with Crippen LogP contribution in [0.15, 0.2) is 60.8 Å². The van der Waals surface area contributed by atoms with Crippen molar-refractivity contribution in [2.75, 3.05) is 13.1 Å². The number of aromatic amines is 1. The third kappa shape index (κ3) is 4.26. The van der Waals surface area contributed by atoms with Gasteiger partial charge in [-0.2, -0.15) is 5.10 Å². The van der Waals surface area contributed by atoms with E-state index in [9.17, 15) is 13.6 Å². The van der Waals surface area contributed by atoms with E-state index in [-0.39, 0.29) is 11.8 Å². The van der Waals surface area contributed by atoms with Crippen LogP contribution in [-0.4, -0.2) is 34.1 Å². The lowest BCUT2D eigenvalue weighted by atomic mass is 9.90. The zero-order valence-corrected chi connectivity index (χ0v) is 15.8. The first-order valence-electron chi connectivity index (χ1n) is 9.62. The summed E-state index contributed by atoms with van der Waals surface area (Å²) in [5, 5.41) is 7.12. The number of hydrogen-bond donors (Lipinski definition) is 1. The molecule has 4 nitrogen and oxygen atoms in total. The Morgan fingerprint density at radius 2 is 1.97 bits per heavy atom. The van der Waals surface area contributed by atoms with E-state index >= 15 is 0 Å². The molecule has 1 saturated heterocycles. The molecular weight excluding hydrogens is 372 g/mol. The summed E-state index contributed by atoms with van der Waals surface area (Å²) in [6, 6.07) is 13.5. The Morgan fingerprint density at radius 3 is 2.76 bits per heavy atom. The standard InChI is InChI=1S/C23H21F2N3O/c24-20-10-9-17(13-21(20)25)19-14-26-27-23(19)18-7-4-12-28(15-18)22(29)11-8-16-5-2-1-3-6-16/h1-3,5-6,8-11,13-14,18H,4,7,12,15H2,(H,26,27)/b11-8+. The van der Waals surface area contributed by atoms with Crippen molar-refractivity contribution in [3.8, 4) is 11.1 Å². The fourth-order valence-electron chi connectivity index (χ4n) is 3.75. The maximum absolute atomic E-state index is 13.7. The van der Waals surface area contributed by atoms with Crippen molar-refractivity contribution < 1.29 is 13.6 Å². The van der Waals surface area contributed by atoms with E-state index in [0.29, 0.717) is 18.7 Å². The van der Waals surface area contributed by atoms with Gasteiger partial charge in [-0.15, -0.1) is 0 Å². The highest BCUT2D eigenvalue weighted by atomic mass is 19.2. The van der Waals surface area contributed by atoms with E-state index in [4.69, 9.17) is 0 Å². The highest BCUT2D eigenvalue weighted by Gasteiger charge is 2.27. The summed E-state index contributed by atoms with van der Waals surface area (Å²) in [5.74, 6) is -1.74. The molecule has 3 aromatic rings. The van der Waals surface area contributed by atoms with Gasteiger partial charge in [-0.1, -0.05) is 36.4 Å². The van der Waals surface area contributed by atoms with E-state index in [2.05, 4.69) is 10.2 Å². The van der Waals surface area contributed by atoms with Gasteiger partial charge in [0.25, 0.3) is 0 Å². The molecule has 0 saturated carbocycles. The van der Waals surface area contributed by atoms with Crippen LogP contribution in [0.1, 0.15) is 30.0 Å². The van der Waals surface area contributed by atoms with Gasteiger partial charge in [0.15, 0.2) is 11.6 Å². The highest BCUT2D eigenvalue weighted by molar-refractivity contribution is 5.91. The maximum Gasteiger partial charge on any atom is 0.246 e. The molecule has 2 aromatic carbocycles. The number of carbonyl (C=O) groups excluding carboxylic acids is 1. The van der Waals surface area contributed by atoms with Crippen LogP contribution >= 0.6 is 0 Å². The lowest BCUT2D eigenvalue weighted by Crippen LogP contribution is -2.38. The Morgan fingerprint density at radius 1 is 1.14 bits per heavy atom. The van der Waals surface area contributed by atoms with Crippen LogP contribution in [0.4, 0.5) is 8.78 Å². The van der Waals surface area contributed by atoms with Gasteiger partial charge in [-0.3, -0.25) is 9.89 Å². The third-order valence-corrected chi connectivity index (χ3v) is 5.26. The highest BCUT2D eigenvalue weighted by Crippen LogP contribution is 2.33. The SMILES string of the molecule is O=C(/C=C/c1ccccc1)N1CCCC(c2[nH]ncc2-c2ccc(F)c(F)c2)C1. The number of rotatable bonds is 4. The molecule has 4 rings (SSSR count). The number of hydrogen-bond acceptors (Lipinski definition) is 2. The topological polar surface area (TPSA) is 49.0 Å². The zero-order valence-electron chi connectivity index (χ0n) is 15.8. The van der Waals surface area contributed by atoms with Crippen LogP contribution in [0.2, 0.25) is 0 Å². The smallest absolute Gasteiger partial charge is 0.246 e. The van der Waals surface area contributed by atoms with Crippen LogP contribution in [0, 0.1) is 11.6 Å². The first-order chi connectivity index (χ1) is 14.1. The summed E-state index contributed by atoms with van der Waals surface area (Å²) in [4.78, 5) is 14.5. The summed E-state index contributed by atoms with van der Waals surface area (Å²) in [6.07, 6.45) is 6.80. The molecule has 148 valence electrons. The Bertz CT molecular complexity index is 1030. The van der Waals surface area contributed by atoms with Gasteiger partial charge in [-0.25, -0.2) is 8.78 Å². The second-order valence-corrected chi connectivity index (χ2v) is 7.19. The fourth-order valence-corrected chi connectivity index (χ4v) is 3.75. The molecule has 6 heteroatoms. The molecule has 1 atom stereocenters. The van der Waals surface area contributed by atoms with Gasteiger partial charge < -0.3 is 4.90 Å². The minimum atomic E-state index is -0.888. The van der Waals surface area contributed by atoms with Crippen molar-refractivity contribution in [3.05, 3.63) is 83.7 Å². The van der Waals surface area contributed by atoms with Gasteiger partial charge in [-0.05, 0) is 42.2 Å². The van der Waals surface area contributed by atoms with E-state index in [0.717, 1.165) is 35.7 Å². The average molecular weight is 393 g/mol. The molecule has 0 spiro atoms. The van der Waals surface area contributed by atoms with Gasteiger partial charge >= 0.3 is 0 Å². The zero-order chi connectivity index (χ0) is 20.2. The molecule has 1 fully saturated rings. The van der Waals surface area contributed by atoms with Crippen molar-refractivity contribution in [1.29, 1.82) is 0 Å². The summed E-state index contributed by atoms with van der Waals surface area (Å²) >= 11 is 0. The van der Waals surface area contributed by atoms with Gasteiger partial charge in [0.1, 0.15) is 0 Å². The monoisotopic (exact) mass is 393 g/mol. The van der Waals surface area contributed by atoms with E-state index in [1.54, 1.807) is 18.3 Å². The lowest BCUT2D eigenvalue weighted by Gasteiger charge is -2.32. The van der Waals surface area contributed by atoms with Crippen LogP contribution in [-0.2, 0) is 4.79 Å². The third-order valence-electron chi connectivity index (χ3n) is 5.26. The van der Waals surface area contributed by atoms with Crippen LogP contribution in [0.25, 0.3) is 17.2 Å². The molecule has 29 heavy (non-hydrogen) atoms. The molecule has 1 aliphatic rings. The van der Waals surface area contributed by atoms with Gasteiger partial charge in [0.2, 0.25) is 5.91 Å². The Hall–Kier alpha value is -3.28. The van der Waals surface area contributed by atoms with Gasteiger partial charge in [0.05, 0.1) is 6.20 Å². The predicted octanol–water partition coefficient (Wildman–Crippen LogP) is 4.77. The van der Waals surface area contributed by atoms with E-state index in [1.807, 2.05) is 41.3 Å². The fraction of sp³-hybridized carbons (Fsp3) is 0.217. The number of amides is 1. The lowest BCUT2D eigenvalue weighted by molar-refractivity contribution is -0.127. The minimum Gasteiger partial charge on any atom is -0.338 e. The molecule has 1 aromatic heterocycles. The molecule has 0 bridgehead atoms. The number of nitrogens with zero attached hydrogens (tertiary/aromatic N) is 2. The molecule has 1 amide bonds. The minimum absolute atomic E-state index is 0.0348. The molecule has 1 aliphatic heterocycles. The summed E-state index contributed by atoms with van der Waals surface area (Å²) in [5.41, 5.74) is 3.13. The van der Waals surface area contributed by atoms with Crippen molar-refractivity contribution >= 4 is 12.0 Å². The Kier molecular flexibility index (Phi) is 5.51. The first kappa shape index (κ1) is 19.1. The number of H-pyrrole nitrogens is 1. The Labute approximate surface area is 167 Å². The Balaban J connectivity index is 1.51. The first-order valence-corrected chi connectivity index (χ1v) is 9.62. The van der Waals surface area contributed by atoms with Crippen LogP contribution < -0.4 is 0 Å². The quantitative estimate of drug-likeness (QED) is 0.649. The normalized spacial score (nSPS) is 17.0. The van der Waals surface area contributed by atoms with Crippen LogP contribution in [0.3, 0.4) is 0 Å². The van der Waals surface area contributed by atoms with Gasteiger partial charge in [0, 0.05) is 36.3 Å². The van der Waals surface area contributed by atoms with Crippen molar-refractivity contribution in [2.24, 2.45) is 0 Å². The number of halogens is 2. The number of aromatic nitrogens is 2. The number of benzene rings is 2.